The van der Waals surface area contributed by atoms with Gasteiger partial charge in [-0.1, -0.05) is 26.8 Å². The monoisotopic (exact) mass is 441 g/mol. The molecule has 1 aromatic carbocycles. The van der Waals surface area contributed by atoms with E-state index in [1.54, 1.807) is 7.11 Å². The molecular weight excluding hydrogens is 402 g/mol. The van der Waals surface area contributed by atoms with Crippen LogP contribution >= 0.6 is 0 Å². The number of aliphatic hydroxyl groups is 1. The van der Waals surface area contributed by atoms with Crippen molar-refractivity contribution in [1.29, 1.82) is 0 Å². The van der Waals surface area contributed by atoms with Crippen LogP contribution in [-0.2, 0) is 16.6 Å². The zero-order valence-electron chi connectivity index (χ0n) is 20.7. The van der Waals surface area contributed by atoms with Crippen LogP contribution in [0.5, 0.6) is 11.5 Å². The highest BCUT2D eigenvalue weighted by atomic mass is 16.6. The van der Waals surface area contributed by atoms with Gasteiger partial charge in [-0.05, 0) is 69.7 Å². The molecule has 4 fully saturated rings. The molecule has 4 unspecified atom stereocenters. The van der Waals surface area contributed by atoms with Crippen molar-refractivity contribution < 1.29 is 19.3 Å². The molecule has 0 aromatic heterocycles. The number of likely N-dealkylation sites (N-methyl/N-ethyl adjacent to an activating group) is 1. The molecule has 7 atom stereocenters. The van der Waals surface area contributed by atoms with Gasteiger partial charge in [0.15, 0.2) is 11.5 Å². The van der Waals surface area contributed by atoms with Gasteiger partial charge in [0.2, 0.25) is 0 Å². The van der Waals surface area contributed by atoms with Crippen molar-refractivity contribution in [3.8, 4) is 11.5 Å². The van der Waals surface area contributed by atoms with E-state index in [4.69, 9.17) is 14.2 Å². The van der Waals surface area contributed by atoms with Crippen LogP contribution in [0.15, 0.2) is 12.1 Å². The number of piperidine rings is 1. The number of hydrogen-bond acceptors (Lipinski definition) is 5. The van der Waals surface area contributed by atoms with Crippen LogP contribution in [0.1, 0.15) is 64.5 Å². The van der Waals surface area contributed by atoms with E-state index < -0.39 is 11.2 Å². The van der Waals surface area contributed by atoms with Crippen molar-refractivity contribution in [1.82, 2.24) is 4.90 Å². The van der Waals surface area contributed by atoms with Crippen molar-refractivity contribution in [2.45, 2.75) is 88.6 Å². The van der Waals surface area contributed by atoms with Gasteiger partial charge in [-0.3, -0.25) is 0 Å². The number of hydrogen-bond donors (Lipinski definition) is 1. The Kier molecular flexibility index (Phi) is 4.00. The molecule has 4 bridgehead atoms. The third-order valence-corrected chi connectivity index (χ3v) is 11.0. The van der Waals surface area contributed by atoms with Crippen molar-refractivity contribution in [2.75, 3.05) is 27.8 Å². The zero-order valence-corrected chi connectivity index (χ0v) is 20.7. The minimum atomic E-state index is -0.882. The van der Waals surface area contributed by atoms with Crippen LogP contribution in [0.2, 0.25) is 0 Å². The van der Waals surface area contributed by atoms with Crippen molar-refractivity contribution in [2.24, 2.45) is 16.7 Å². The summed E-state index contributed by atoms with van der Waals surface area (Å²) in [4.78, 5) is 2.60. The SMILES string of the molecule is COc1ccc2c3c1O[C@H]1C4(OC)CCC5(C[C@@H]4C(C)(O)C(C)(C)C)C(C2)N(C)CC[C@]315. The van der Waals surface area contributed by atoms with E-state index >= 15 is 0 Å². The Hall–Kier alpha value is -1.30. The lowest BCUT2D eigenvalue weighted by atomic mass is 9.33. The molecule has 2 spiro atoms. The maximum Gasteiger partial charge on any atom is 0.165 e. The molecule has 3 saturated carbocycles. The Morgan fingerprint density at radius 3 is 2.53 bits per heavy atom. The maximum absolute atomic E-state index is 12.1. The second kappa shape index (κ2) is 6.03. The fourth-order valence-electron chi connectivity index (χ4n) is 9.01. The van der Waals surface area contributed by atoms with Crippen LogP contribution in [0.4, 0.5) is 0 Å². The Balaban J connectivity index is 1.65. The predicted octanol–water partition coefficient (Wildman–Crippen LogP) is 3.94. The lowest BCUT2D eigenvalue weighted by Crippen LogP contribution is -2.83. The van der Waals surface area contributed by atoms with Crippen LogP contribution in [0.3, 0.4) is 0 Å². The van der Waals surface area contributed by atoms with E-state index in [0.29, 0.717) is 6.04 Å². The summed E-state index contributed by atoms with van der Waals surface area (Å²) in [5.74, 6) is 1.79. The zero-order chi connectivity index (χ0) is 22.9. The van der Waals surface area contributed by atoms with Gasteiger partial charge in [0.25, 0.3) is 0 Å². The molecule has 0 radical (unpaired) electrons. The summed E-state index contributed by atoms with van der Waals surface area (Å²) in [5.41, 5.74) is 1.17. The Bertz CT molecular complexity index is 983. The third-order valence-electron chi connectivity index (χ3n) is 11.0. The van der Waals surface area contributed by atoms with Crippen molar-refractivity contribution >= 4 is 0 Å². The lowest BCUT2D eigenvalue weighted by molar-refractivity contribution is -0.311. The molecular formula is C27H39NO4. The smallest absolute Gasteiger partial charge is 0.165 e. The van der Waals surface area contributed by atoms with Gasteiger partial charge < -0.3 is 24.2 Å². The van der Waals surface area contributed by atoms with Gasteiger partial charge in [-0.25, -0.2) is 0 Å². The number of ether oxygens (including phenoxy) is 3. The first kappa shape index (κ1) is 21.2. The summed E-state index contributed by atoms with van der Waals surface area (Å²) in [5, 5.41) is 12.1. The molecule has 176 valence electrons. The van der Waals surface area contributed by atoms with Crippen LogP contribution in [-0.4, -0.2) is 61.2 Å². The van der Waals surface area contributed by atoms with Gasteiger partial charge in [-0.15, -0.1) is 0 Å². The largest absolute Gasteiger partial charge is 0.493 e. The molecule has 2 heterocycles. The molecule has 1 saturated heterocycles. The summed E-state index contributed by atoms with van der Waals surface area (Å²) in [6, 6.07) is 4.82. The summed E-state index contributed by atoms with van der Waals surface area (Å²) in [7, 11) is 5.89. The molecule has 5 heteroatoms. The maximum atomic E-state index is 12.1. The topological polar surface area (TPSA) is 51.2 Å². The summed E-state index contributed by atoms with van der Waals surface area (Å²) < 4.78 is 19.4. The molecule has 4 aliphatic carbocycles. The fourth-order valence-corrected chi connectivity index (χ4v) is 9.01. The van der Waals surface area contributed by atoms with E-state index in [9.17, 15) is 5.11 Å². The first-order valence-corrected chi connectivity index (χ1v) is 12.3. The average Bonchev–Trinajstić information content (AvgIpc) is 3.12. The van der Waals surface area contributed by atoms with Crippen LogP contribution < -0.4 is 9.47 Å². The van der Waals surface area contributed by atoms with Crippen molar-refractivity contribution in [3.63, 3.8) is 0 Å². The fraction of sp³-hybridized carbons (Fsp3) is 0.778. The highest BCUT2D eigenvalue weighted by Gasteiger charge is 2.82. The Labute approximate surface area is 192 Å². The Morgan fingerprint density at radius 2 is 1.88 bits per heavy atom. The number of benzene rings is 1. The predicted molar refractivity (Wildman–Crippen MR) is 123 cm³/mol. The quantitative estimate of drug-likeness (QED) is 0.770. The summed E-state index contributed by atoms with van der Waals surface area (Å²) >= 11 is 0. The molecule has 7 rings (SSSR count). The van der Waals surface area contributed by atoms with Gasteiger partial charge in [0.05, 0.1) is 12.7 Å². The van der Waals surface area contributed by atoms with Gasteiger partial charge >= 0.3 is 0 Å². The number of methoxy groups -OCH3 is 2. The van der Waals surface area contributed by atoms with E-state index in [1.807, 2.05) is 14.0 Å². The highest BCUT2D eigenvalue weighted by Crippen LogP contribution is 2.77. The van der Waals surface area contributed by atoms with E-state index in [0.717, 1.165) is 50.1 Å². The van der Waals surface area contributed by atoms with Gasteiger partial charge in [-0.2, -0.15) is 0 Å². The molecule has 1 N–H and O–H groups in total. The Morgan fingerprint density at radius 1 is 1.12 bits per heavy atom. The molecule has 5 nitrogen and oxygen atoms in total. The molecule has 1 aromatic rings. The molecule has 2 aliphatic heterocycles. The van der Waals surface area contributed by atoms with E-state index in [1.165, 1.54) is 11.1 Å². The third kappa shape index (κ3) is 2.01. The minimum Gasteiger partial charge on any atom is -0.493 e. The summed E-state index contributed by atoms with van der Waals surface area (Å²) in [6.45, 7) is 9.59. The minimum absolute atomic E-state index is 0.00253. The molecule has 32 heavy (non-hydrogen) atoms. The van der Waals surface area contributed by atoms with Crippen LogP contribution in [0, 0.1) is 16.7 Å². The van der Waals surface area contributed by atoms with Gasteiger partial charge in [0.1, 0.15) is 11.7 Å². The second-order valence-corrected chi connectivity index (χ2v) is 12.5. The number of likely N-dealkylation sites (tertiary alicyclic amines) is 1. The molecule has 0 amide bonds. The van der Waals surface area contributed by atoms with Crippen LogP contribution in [0.25, 0.3) is 0 Å². The summed E-state index contributed by atoms with van der Waals surface area (Å²) in [6.07, 6.45) is 5.07. The van der Waals surface area contributed by atoms with Gasteiger partial charge in [0, 0.05) is 35.5 Å². The number of fused-ring (bicyclic) bond motifs is 2. The first-order chi connectivity index (χ1) is 15.0. The standard InChI is InChI=1S/C27H39NO4/c1-23(2,3)24(4,29)18-15-25-10-11-27(18,31-7)22-26(25)12-13-28(5)19(25)14-16-8-9-17(30-6)21(32-22)20(16)26/h8-9,18-19,22,29H,10-15H2,1-7H3/t18-,19?,22-,24?,25?,26+,27?/m1/s1. The number of nitrogens with zero attached hydrogens (tertiary/aromatic N) is 1. The molecule has 6 aliphatic rings. The highest BCUT2D eigenvalue weighted by molar-refractivity contribution is 5.63. The average molecular weight is 442 g/mol. The van der Waals surface area contributed by atoms with Crippen molar-refractivity contribution in [3.05, 3.63) is 23.3 Å². The second-order valence-electron chi connectivity index (χ2n) is 12.5. The van der Waals surface area contributed by atoms with E-state index in [-0.39, 0.29) is 28.3 Å². The normalized spacial score (nSPS) is 43.4. The van der Waals surface area contributed by atoms with E-state index in [2.05, 4.69) is 44.9 Å². The first-order valence-electron chi connectivity index (χ1n) is 12.3. The lowest BCUT2D eigenvalue weighted by Gasteiger charge is -2.75. The number of rotatable bonds is 3.